The number of hydrogen-bond acceptors (Lipinski definition) is 3. The molecular weight excluding hydrogens is 349 g/mol. The van der Waals surface area contributed by atoms with Crippen LogP contribution in [0.5, 0.6) is 0 Å². The molecule has 0 spiro atoms. The molecule has 0 saturated carbocycles. The van der Waals surface area contributed by atoms with Crippen LogP contribution in [-0.2, 0) is 26.5 Å². The number of ether oxygens (including phenoxy) is 3. The average molecular weight is 371 g/mol. The van der Waals surface area contributed by atoms with Crippen LogP contribution in [0.4, 0.5) is 0 Å². The second-order valence-electron chi connectivity index (χ2n) is 3.73. The van der Waals surface area contributed by atoms with Gasteiger partial charge in [-0.3, -0.25) is 0 Å². The fraction of sp³-hybridized carbons (Fsp3) is 0.750. The molecule has 3 aliphatic rings. The van der Waals surface area contributed by atoms with Crippen LogP contribution in [0, 0.1) is 19.8 Å². The second-order valence-corrected chi connectivity index (χ2v) is 10.7. The van der Waals surface area contributed by atoms with Gasteiger partial charge in [0.2, 0.25) is 0 Å². The Labute approximate surface area is 134 Å². The normalized spacial score (nSPS) is 20.8. The summed E-state index contributed by atoms with van der Waals surface area (Å²) in [6.07, 6.45) is 7.12. The van der Waals surface area contributed by atoms with Gasteiger partial charge in [-0.25, -0.2) is 19.8 Å². The summed E-state index contributed by atoms with van der Waals surface area (Å²) in [4.78, 5) is 0. The molecule has 0 amide bonds. The summed E-state index contributed by atoms with van der Waals surface area (Å²) in [6, 6.07) is 0. The van der Waals surface area contributed by atoms with Crippen LogP contribution in [0.1, 0.15) is 38.5 Å². The van der Waals surface area contributed by atoms with Crippen molar-refractivity contribution in [3.63, 3.8) is 0 Å². The van der Waals surface area contributed by atoms with Crippen molar-refractivity contribution < 1.29 is 26.5 Å². The van der Waals surface area contributed by atoms with E-state index in [1.54, 1.807) is 0 Å². The molecule has 0 radical (unpaired) electrons. The third-order valence-electron chi connectivity index (χ3n) is 2.11. The van der Waals surface area contributed by atoms with Gasteiger partial charge in [-0.2, -0.15) is 19.3 Å². The Bertz CT molecular complexity index is 115. The minimum atomic E-state index is -1.77. The van der Waals surface area contributed by atoms with Gasteiger partial charge in [0.1, 0.15) is 0 Å². The van der Waals surface area contributed by atoms with Crippen molar-refractivity contribution in [3.8, 4) is 0 Å². The molecule has 0 bridgehead atoms. The number of hydrogen-bond donors (Lipinski definition) is 0. The Morgan fingerprint density at radius 1 is 0.632 bits per heavy atom. The maximum absolute atomic E-state index is 4.95. The molecule has 116 valence electrons. The van der Waals surface area contributed by atoms with Crippen LogP contribution in [0.2, 0.25) is 0 Å². The van der Waals surface area contributed by atoms with Crippen LogP contribution in [0.3, 0.4) is 0 Å². The molecule has 0 atom stereocenters. The van der Waals surface area contributed by atoms with Gasteiger partial charge < -0.3 is 14.2 Å². The summed E-state index contributed by atoms with van der Waals surface area (Å²) in [5, 5.41) is 0. The first kappa shape index (κ1) is 20.3. The van der Waals surface area contributed by atoms with Crippen molar-refractivity contribution >= 4 is 29.5 Å². The predicted octanol–water partition coefficient (Wildman–Crippen LogP) is 4.94. The second kappa shape index (κ2) is 17.4. The first-order valence-electron chi connectivity index (χ1n) is 6.30. The number of halogens is 3. The van der Waals surface area contributed by atoms with E-state index < -0.39 is 12.3 Å². The number of rotatable bonds is 0. The van der Waals surface area contributed by atoms with E-state index in [9.17, 15) is 0 Å². The van der Waals surface area contributed by atoms with E-state index in [1.165, 1.54) is 19.3 Å². The van der Waals surface area contributed by atoms with Crippen LogP contribution in [0.25, 0.3) is 0 Å². The van der Waals surface area contributed by atoms with Crippen molar-refractivity contribution in [3.05, 3.63) is 19.8 Å². The summed E-state index contributed by atoms with van der Waals surface area (Å²) in [6.45, 7) is 8.42. The molecule has 3 heterocycles. The molecule has 0 unspecified atom stereocenters. The molecular formula is C12H21Cl3O3V-3. The van der Waals surface area contributed by atoms with Gasteiger partial charge in [-0.05, 0) is 0 Å². The summed E-state index contributed by atoms with van der Waals surface area (Å²) < 4.78 is 14.5. The molecule has 0 aromatic heterocycles. The Balaban J connectivity index is 0.000000229. The van der Waals surface area contributed by atoms with Gasteiger partial charge in [0.25, 0.3) is 0 Å². The zero-order valence-electron chi connectivity index (χ0n) is 10.9. The zero-order chi connectivity index (χ0) is 14.2. The molecule has 0 aliphatic carbocycles. The Morgan fingerprint density at radius 2 is 0.895 bits per heavy atom. The summed E-state index contributed by atoms with van der Waals surface area (Å²) in [5.74, 6) is 0. The van der Waals surface area contributed by atoms with Crippen molar-refractivity contribution in [1.82, 2.24) is 0 Å². The fourth-order valence-corrected chi connectivity index (χ4v) is 1.25. The summed E-state index contributed by atoms with van der Waals surface area (Å²) in [7, 11) is 14.9. The van der Waals surface area contributed by atoms with Crippen molar-refractivity contribution in [2.24, 2.45) is 0 Å². The van der Waals surface area contributed by atoms with Gasteiger partial charge in [-0.15, -0.1) is 0 Å². The van der Waals surface area contributed by atoms with Gasteiger partial charge in [0.15, 0.2) is 0 Å². The van der Waals surface area contributed by atoms with Crippen molar-refractivity contribution in [1.29, 1.82) is 0 Å². The first-order valence-corrected chi connectivity index (χ1v) is 12.1. The van der Waals surface area contributed by atoms with Crippen LogP contribution >= 0.6 is 29.5 Å². The molecule has 0 aromatic carbocycles. The topological polar surface area (TPSA) is 27.7 Å². The zero-order valence-corrected chi connectivity index (χ0v) is 14.6. The summed E-state index contributed by atoms with van der Waals surface area (Å²) in [5.41, 5.74) is 0. The van der Waals surface area contributed by atoms with Crippen LogP contribution in [-0.4, -0.2) is 19.8 Å². The Kier molecular flexibility index (Phi) is 18.6. The third kappa shape index (κ3) is 21.8. The molecule has 3 saturated heterocycles. The molecule has 0 N–H and O–H groups in total. The monoisotopic (exact) mass is 369 g/mol. The van der Waals surface area contributed by atoms with Gasteiger partial charge in [0, 0.05) is 19.8 Å². The van der Waals surface area contributed by atoms with Gasteiger partial charge in [0.05, 0.1) is 0 Å². The molecule has 3 nitrogen and oxygen atoms in total. The van der Waals surface area contributed by atoms with E-state index in [0.717, 1.165) is 39.1 Å². The van der Waals surface area contributed by atoms with Crippen molar-refractivity contribution in [2.45, 2.75) is 38.5 Å². The maximum atomic E-state index is 4.95. The Morgan fingerprint density at radius 3 is 0.947 bits per heavy atom. The van der Waals surface area contributed by atoms with Crippen molar-refractivity contribution in [2.75, 3.05) is 19.8 Å². The van der Waals surface area contributed by atoms with E-state index in [2.05, 4.69) is 0 Å². The standard InChI is InChI=1S/3C4H7O.3ClH.V/c3*1-2-4-5-3-1;;;;/h3*3H,1-2,4H2;3*1H;/q3*-1;;;;+3/p-3. The molecule has 3 rings (SSSR count). The van der Waals surface area contributed by atoms with Crippen LogP contribution in [0.15, 0.2) is 0 Å². The fourth-order valence-electron chi connectivity index (χ4n) is 1.25. The van der Waals surface area contributed by atoms with E-state index in [1.807, 2.05) is 19.8 Å². The Hall–Kier alpha value is 1.33. The molecule has 19 heavy (non-hydrogen) atoms. The minimum absolute atomic E-state index is 0.944. The van der Waals surface area contributed by atoms with Crippen LogP contribution < -0.4 is 0 Å². The van der Waals surface area contributed by atoms with E-state index in [4.69, 9.17) is 43.8 Å². The molecule has 7 heteroatoms. The van der Waals surface area contributed by atoms with E-state index >= 15 is 0 Å². The molecule has 0 aromatic rings. The third-order valence-corrected chi connectivity index (χ3v) is 2.11. The van der Waals surface area contributed by atoms with E-state index in [0.29, 0.717) is 0 Å². The molecule has 3 fully saturated rings. The predicted molar refractivity (Wildman–Crippen MR) is 76.0 cm³/mol. The molecule has 3 aliphatic heterocycles. The van der Waals surface area contributed by atoms with Gasteiger partial charge in [-0.1, -0.05) is 19.3 Å². The first-order chi connectivity index (χ1) is 9.23. The quantitative estimate of drug-likeness (QED) is 0.565. The van der Waals surface area contributed by atoms with E-state index in [-0.39, 0.29) is 0 Å². The van der Waals surface area contributed by atoms with Gasteiger partial charge >= 0.3 is 41.8 Å². The summed E-state index contributed by atoms with van der Waals surface area (Å²) >= 11 is -1.77. The SMILES string of the molecule is [CH-]1CCCO1.[CH-]1CCCO1.[CH-]1CCCO1.[Cl][V]([Cl])[Cl]. The average Bonchev–Trinajstić information content (AvgIpc) is 3.18.